The summed E-state index contributed by atoms with van der Waals surface area (Å²) in [6.45, 7) is 6.31. The van der Waals surface area contributed by atoms with Crippen LogP contribution in [0.5, 0.6) is 0 Å². The minimum Gasteiger partial charge on any atom is -0.423 e. The van der Waals surface area contributed by atoms with Crippen LogP contribution in [-0.4, -0.2) is 38.6 Å². The molecule has 0 amide bonds. The fourth-order valence-electron chi connectivity index (χ4n) is 0.723. The summed E-state index contributed by atoms with van der Waals surface area (Å²) in [5, 5.41) is 36.0. The van der Waals surface area contributed by atoms with Gasteiger partial charge in [-0.2, -0.15) is 0 Å². The van der Waals surface area contributed by atoms with E-state index in [0.29, 0.717) is 16.2 Å². The number of hydrogen-bond acceptors (Lipinski definition) is 5. The molecule has 5 nitrogen and oxygen atoms in total. The molecule has 0 heterocycles. The molecule has 0 aliphatic heterocycles. The minimum atomic E-state index is -1.49. The zero-order chi connectivity index (χ0) is 15.4. The number of aliphatic hydroxyl groups is 2. The Morgan fingerprint density at radius 1 is 1.05 bits per heavy atom. The van der Waals surface area contributed by atoms with E-state index in [1.54, 1.807) is 27.7 Å². The molecule has 1 aromatic rings. The second-order valence-electron chi connectivity index (χ2n) is 5.27. The van der Waals surface area contributed by atoms with Crippen LogP contribution in [0.1, 0.15) is 27.7 Å². The van der Waals surface area contributed by atoms with Crippen LogP contribution in [0.15, 0.2) is 18.2 Å². The number of halogens is 1. The van der Waals surface area contributed by atoms with Crippen LogP contribution >= 0.6 is 11.6 Å². The van der Waals surface area contributed by atoms with E-state index in [-0.39, 0.29) is 0 Å². The molecule has 1 rings (SSSR count). The summed E-state index contributed by atoms with van der Waals surface area (Å²) in [6.07, 6.45) is 0. The van der Waals surface area contributed by atoms with Crippen LogP contribution < -0.4 is 11.2 Å². The molecular formula is C12H21BClNO4. The summed E-state index contributed by atoms with van der Waals surface area (Å²) in [6, 6.07) is 4.45. The quantitative estimate of drug-likeness (QED) is 0.393. The summed E-state index contributed by atoms with van der Waals surface area (Å²) in [5.41, 5.74) is 4.07. The maximum atomic E-state index is 9.10. The van der Waals surface area contributed by atoms with Crippen LogP contribution in [0.4, 0.5) is 5.69 Å². The maximum absolute atomic E-state index is 9.10. The molecular weight excluding hydrogens is 268 g/mol. The summed E-state index contributed by atoms with van der Waals surface area (Å²) >= 11 is 5.60. The zero-order valence-electron chi connectivity index (χ0n) is 11.6. The Morgan fingerprint density at radius 3 is 1.74 bits per heavy atom. The number of benzene rings is 1. The Labute approximate surface area is 118 Å². The van der Waals surface area contributed by atoms with Gasteiger partial charge in [0.05, 0.1) is 16.2 Å². The van der Waals surface area contributed by atoms with Gasteiger partial charge in [0, 0.05) is 5.69 Å². The highest BCUT2D eigenvalue weighted by atomic mass is 35.5. The fourth-order valence-corrected chi connectivity index (χ4v) is 0.840. The molecule has 1 aromatic carbocycles. The van der Waals surface area contributed by atoms with Crippen molar-refractivity contribution in [2.24, 2.45) is 0 Å². The smallest absolute Gasteiger partial charge is 0.423 e. The topological polar surface area (TPSA) is 107 Å². The van der Waals surface area contributed by atoms with Crippen molar-refractivity contribution in [3.8, 4) is 0 Å². The molecule has 0 saturated heterocycles. The third kappa shape index (κ3) is 6.27. The Balaban J connectivity index is 0.000000362. The van der Waals surface area contributed by atoms with E-state index in [2.05, 4.69) is 0 Å². The van der Waals surface area contributed by atoms with Crippen LogP contribution in [0.3, 0.4) is 0 Å². The number of rotatable bonds is 2. The van der Waals surface area contributed by atoms with E-state index in [0.717, 1.165) is 0 Å². The molecule has 7 heteroatoms. The predicted octanol–water partition coefficient (Wildman–Crippen LogP) is 0.130. The van der Waals surface area contributed by atoms with E-state index in [1.165, 1.54) is 18.2 Å². The van der Waals surface area contributed by atoms with Crippen LogP contribution in [0.25, 0.3) is 0 Å². The summed E-state index contributed by atoms with van der Waals surface area (Å²) in [4.78, 5) is 0. The lowest BCUT2D eigenvalue weighted by molar-refractivity contribution is -0.107. The second kappa shape index (κ2) is 6.59. The van der Waals surface area contributed by atoms with Gasteiger partial charge in [0.1, 0.15) is 0 Å². The predicted molar refractivity (Wildman–Crippen MR) is 78.3 cm³/mol. The van der Waals surface area contributed by atoms with Crippen molar-refractivity contribution < 1.29 is 20.3 Å². The highest BCUT2D eigenvalue weighted by Crippen LogP contribution is 2.19. The highest BCUT2D eigenvalue weighted by molar-refractivity contribution is 6.58. The van der Waals surface area contributed by atoms with Crippen LogP contribution in [0.2, 0.25) is 5.02 Å². The van der Waals surface area contributed by atoms with Crippen molar-refractivity contribution in [3.63, 3.8) is 0 Å². The number of nitrogens with two attached hydrogens (primary N) is 1. The Bertz CT molecular complexity index is 401. The lowest BCUT2D eigenvalue weighted by atomic mass is 9.80. The van der Waals surface area contributed by atoms with E-state index in [1.807, 2.05) is 0 Å². The number of hydrogen-bond donors (Lipinski definition) is 5. The normalized spacial score (nSPS) is 11.6. The molecule has 0 saturated carbocycles. The van der Waals surface area contributed by atoms with Crippen molar-refractivity contribution in [2.75, 3.05) is 5.73 Å². The SMILES string of the molecule is CC(C)(O)C(C)(C)O.Nc1cc(B(O)O)ccc1Cl. The van der Waals surface area contributed by atoms with Crippen molar-refractivity contribution in [1.29, 1.82) is 0 Å². The van der Waals surface area contributed by atoms with Crippen molar-refractivity contribution >= 4 is 29.9 Å². The first-order valence-electron chi connectivity index (χ1n) is 5.72. The second-order valence-corrected chi connectivity index (χ2v) is 5.68. The lowest BCUT2D eigenvalue weighted by Gasteiger charge is -2.31. The third-order valence-corrected chi connectivity index (χ3v) is 3.16. The maximum Gasteiger partial charge on any atom is 0.488 e. The first-order valence-corrected chi connectivity index (χ1v) is 6.10. The van der Waals surface area contributed by atoms with Gasteiger partial charge < -0.3 is 26.0 Å². The molecule has 0 spiro atoms. The number of anilines is 1. The monoisotopic (exact) mass is 289 g/mol. The van der Waals surface area contributed by atoms with Crippen molar-refractivity contribution in [2.45, 2.75) is 38.9 Å². The first-order chi connectivity index (χ1) is 8.36. The highest BCUT2D eigenvalue weighted by Gasteiger charge is 2.31. The fraction of sp³-hybridized carbons (Fsp3) is 0.500. The Morgan fingerprint density at radius 2 is 1.47 bits per heavy atom. The average molecular weight is 290 g/mol. The summed E-state index contributed by atoms with van der Waals surface area (Å²) in [5.74, 6) is 0. The van der Waals surface area contributed by atoms with Gasteiger partial charge in [-0.1, -0.05) is 17.7 Å². The summed E-state index contributed by atoms with van der Waals surface area (Å²) < 4.78 is 0. The Hall–Kier alpha value is -0.785. The molecule has 0 radical (unpaired) electrons. The summed E-state index contributed by atoms with van der Waals surface area (Å²) in [7, 11) is -1.49. The molecule has 0 aliphatic carbocycles. The van der Waals surface area contributed by atoms with E-state index in [9.17, 15) is 0 Å². The molecule has 0 bridgehead atoms. The average Bonchev–Trinajstić information content (AvgIpc) is 2.19. The van der Waals surface area contributed by atoms with Gasteiger partial charge in [-0.3, -0.25) is 0 Å². The molecule has 0 unspecified atom stereocenters. The van der Waals surface area contributed by atoms with Gasteiger partial charge in [-0.15, -0.1) is 0 Å². The molecule has 0 aromatic heterocycles. The molecule has 108 valence electrons. The first kappa shape index (κ1) is 18.2. The van der Waals surface area contributed by atoms with Gasteiger partial charge in [-0.05, 0) is 45.3 Å². The largest absolute Gasteiger partial charge is 0.488 e. The van der Waals surface area contributed by atoms with Gasteiger partial charge in [0.15, 0.2) is 0 Å². The molecule has 0 atom stereocenters. The van der Waals surface area contributed by atoms with Crippen LogP contribution in [-0.2, 0) is 0 Å². The van der Waals surface area contributed by atoms with Gasteiger partial charge in [0.2, 0.25) is 0 Å². The van der Waals surface area contributed by atoms with Crippen LogP contribution in [0, 0.1) is 0 Å². The van der Waals surface area contributed by atoms with Gasteiger partial charge >= 0.3 is 7.12 Å². The van der Waals surface area contributed by atoms with Crippen molar-refractivity contribution in [3.05, 3.63) is 23.2 Å². The zero-order valence-corrected chi connectivity index (χ0v) is 12.3. The third-order valence-electron chi connectivity index (χ3n) is 2.82. The minimum absolute atomic E-state index is 0.340. The van der Waals surface area contributed by atoms with Gasteiger partial charge in [0.25, 0.3) is 0 Å². The van der Waals surface area contributed by atoms with Crippen molar-refractivity contribution in [1.82, 2.24) is 0 Å². The molecule has 0 aliphatic rings. The standard InChI is InChI=1S/C6H7BClNO2.C6H14O2/c8-5-2-1-4(7(10)11)3-6(5)9;1-5(2,7)6(3,4)8/h1-3,10-11H,9H2;7-8H,1-4H3. The lowest BCUT2D eigenvalue weighted by Crippen LogP contribution is -2.44. The number of nitrogen functional groups attached to an aromatic ring is 1. The molecule has 0 fully saturated rings. The van der Waals surface area contributed by atoms with E-state index < -0.39 is 18.3 Å². The molecule has 6 N–H and O–H groups in total. The van der Waals surface area contributed by atoms with E-state index in [4.69, 9.17) is 37.6 Å². The van der Waals surface area contributed by atoms with E-state index >= 15 is 0 Å². The molecule has 19 heavy (non-hydrogen) atoms. The Kier molecular flexibility index (Phi) is 6.31. The van der Waals surface area contributed by atoms with Gasteiger partial charge in [-0.25, -0.2) is 0 Å².